The number of rotatable bonds is 3. The Hall–Kier alpha value is -3.59. The summed E-state index contributed by atoms with van der Waals surface area (Å²) in [5.41, 5.74) is 3.63. The van der Waals surface area contributed by atoms with Gasteiger partial charge in [-0.1, -0.05) is 13.0 Å². The molecule has 8 nitrogen and oxygen atoms in total. The van der Waals surface area contributed by atoms with Crippen LogP contribution in [0.4, 0.5) is 15.8 Å². The average Bonchev–Trinajstić information content (AvgIpc) is 3.22. The maximum absolute atomic E-state index is 14.5. The van der Waals surface area contributed by atoms with Gasteiger partial charge in [-0.05, 0) is 43.4 Å². The average molecular weight is 495 g/mol. The Bertz CT molecular complexity index is 1240. The minimum Gasteiger partial charge on any atom is -0.492 e. The van der Waals surface area contributed by atoms with E-state index in [4.69, 9.17) is 14.2 Å². The van der Waals surface area contributed by atoms with Crippen molar-refractivity contribution >= 4 is 17.3 Å². The van der Waals surface area contributed by atoms with Crippen LogP contribution in [0.2, 0.25) is 0 Å². The topological polar surface area (TPSA) is 97.5 Å². The first-order valence-corrected chi connectivity index (χ1v) is 12.3. The van der Waals surface area contributed by atoms with Crippen molar-refractivity contribution in [1.82, 2.24) is 15.3 Å². The predicted octanol–water partition coefficient (Wildman–Crippen LogP) is 4.84. The van der Waals surface area contributed by atoms with Gasteiger partial charge in [0, 0.05) is 30.5 Å². The predicted molar refractivity (Wildman–Crippen MR) is 135 cm³/mol. The van der Waals surface area contributed by atoms with E-state index in [1.165, 1.54) is 13.2 Å². The van der Waals surface area contributed by atoms with Crippen LogP contribution in [0.1, 0.15) is 42.2 Å². The lowest BCUT2D eigenvalue weighted by Crippen LogP contribution is -2.44. The molecule has 3 aromatic rings. The summed E-state index contributed by atoms with van der Waals surface area (Å²) < 4.78 is 31.9. The van der Waals surface area contributed by atoms with E-state index in [0.717, 1.165) is 30.5 Å². The summed E-state index contributed by atoms with van der Waals surface area (Å²) >= 11 is 0. The summed E-state index contributed by atoms with van der Waals surface area (Å²) in [5, 5.41) is 6.35. The molecule has 190 valence electrons. The zero-order chi connectivity index (χ0) is 25.1. The van der Waals surface area contributed by atoms with E-state index in [1.807, 2.05) is 6.07 Å². The van der Waals surface area contributed by atoms with Gasteiger partial charge in [0.15, 0.2) is 11.6 Å². The summed E-state index contributed by atoms with van der Waals surface area (Å²) in [5.74, 6) is 0.459. The number of halogens is 1. The summed E-state index contributed by atoms with van der Waals surface area (Å²) in [7, 11) is 1.41. The van der Waals surface area contributed by atoms with Gasteiger partial charge in [0.2, 0.25) is 0 Å². The molecule has 0 aliphatic carbocycles. The van der Waals surface area contributed by atoms with Gasteiger partial charge < -0.3 is 29.8 Å². The third-order valence-electron chi connectivity index (χ3n) is 6.75. The third kappa shape index (κ3) is 4.88. The quantitative estimate of drug-likeness (QED) is 0.482. The number of hydrogen-bond donors (Lipinski definition) is 3. The molecule has 9 heteroatoms. The van der Waals surface area contributed by atoms with Gasteiger partial charge in [0.05, 0.1) is 55.2 Å². The number of nitrogens with one attached hydrogen (secondary N) is 3. The van der Waals surface area contributed by atoms with Crippen LogP contribution in [0, 0.1) is 11.7 Å². The molecule has 0 saturated carbocycles. The van der Waals surface area contributed by atoms with E-state index in [0.29, 0.717) is 60.5 Å². The Morgan fingerprint density at radius 1 is 1.22 bits per heavy atom. The van der Waals surface area contributed by atoms with Gasteiger partial charge in [-0.2, -0.15) is 0 Å². The molecule has 2 aliphatic heterocycles. The zero-order valence-corrected chi connectivity index (χ0v) is 20.5. The van der Waals surface area contributed by atoms with Gasteiger partial charge in [-0.25, -0.2) is 4.39 Å². The summed E-state index contributed by atoms with van der Waals surface area (Å²) in [6.07, 6.45) is 6.86. The number of amides is 1. The maximum atomic E-state index is 14.5. The standard InChI is InChI=1S/C27H31FN4O4/c1-16-5-4-11-35-15-17-13-21-23(27(33)30-17)25(31-20-7-3-6-19(28)26(20)34-2)24(32-21)18-8-10-29-14-22(18)36-12-9-16/h3,6-8,10,14,16-17,31-32H,4-5,9,11-13,15H2,1-2H3,(H,30,33)/t16?,17-/m0/s1. The van der Waals surface area contributed by atoms with Gasteiger partial charge in [-0.15, -0.1) is 0 Å². The van der Waals surface area contributed by atoms with Gasteiger partial charge in [0.25, 0.3) is 5.91 Å². The molecule has 2 aliphatic rings. The van der Waals surface area contributed by atoms with Crippen molar-refractivity contribution in [3.8, 4) is 22.8 Å². The number of para-hydroxylation sites is 1. The first-order valence-electron chi connectivity index (χ1n) is 12.3. The normalized spacial score (nSPS) is 20.2. The Balaban J connectivity index is 1.62. The number of benzene rings is 1. The summed E-state index contributed by atoms with van der Waals surface area (Å²) in [4.78, 5) is 21.1. The molecule has 1 amide bonds. The number of anilines is 2. The minimum atomic E-state index is -0.498. The first kappa shape index (κ1) is 24.1. The molecule has 2 aromatic heterocycles. The zero-order valence-electron chi connectivity index (χ0n) is 20.5. The monoisotopic (exact) mass is 494 g/mol. The molecule has 3 bridgehead atoms. The van der Waals surface area contributed by atoms with Crippen LogP contribution in [0.15, 0.2) is 36.7 Å². The number of H-pyrrole nitrogens is 1. The highest BCUT2D eigenvalue weighted by Crippen LogP contribution is 2.42. The molecular weight excluding hydrogens is 463 g/mol. The van der Waals surface area contributed by atoms with Crippen molar-refractivity contribution in [2.75, 3.05) is 32.2 Å². The van der Waals surface area contributed by atoms with Crippen LogP contribution in [0.3, 0.4) is 0 Å². The number of carbonyl (C=O) groups is 1. The fraction of sp³-hybridized carbons (Fsp3) is 0.407. The highest BCUT2D eigenvalue weighted by Gasteiger charge is 2.32. The largest absolute Gasteiger partial charge is 0.492 e. The molecule has 0 fully saturated rings. The smallest absolute Gasteiger partial charge is 0.255 e. The van der Waals surface area contributed by atoms with E-state index in [2.05, 4.69) is 27.5 Å². The van der Waals surface area contributed by atoms with Gasteiger partial charge in [0.1, 0.15) is 5.75 Å². The SMILES string of the molecule is COc1c(F)cccc1Nc1c2[nH]c3c1C(=O)N[C@H](COCCCC(C)CCOc1cnccc1-2)C3. The van der Waals surface area contributed by atoms with Crippen molar-refractivity contribution in [2.24, 2.45) is 5.92 Å². The van der Waals surface area contributed by atoms with Crippen molar-refractivity contribution in [3.63, 3.8) is 0 Å². The number of nitrogens with zero attached hydrogens (tertiary/aromatic N) is 1. The number of methoxy groups -OCH3 is 1. The number of pyridine rings is 1. The lowest BCUT2D eigenvalue weighted by Gasteiger charge is -2.24. The number of carbonyl (C=O) groups excluding carboxylic acids is 1. The van der Waals surface area contributed by atoms with Crippen molar-refractivity contribution in [2.45, 2.75) is 38.6 Å². The van der Waals surface area contributed by atoms with Crippen LogP contribution in [-0.4, -0.2) is 48.8 Å². The Morgan fingerprint density at radius 2 is 2.11 bits per heavy atom. The highest BCUT2D eigenvalue weighted by atomic mass is 19.1. The van der Waals surface area contributed by atoms with E-state index >= 15 is 0 Å². The molecule has 2 atom stereocenters. The molecule has 4 heterocycles. The van der Waals surface area contributed by atoms with Gasteiger partial charge >= 0.3 is 0 Å². The van der Waals surface area contributed by atoms with Crippen molar-refractivity contribution in [3.05, 3.63) is 53.7 Å². The molecule has 3 N–H and O–H groups in total. The third-order valence-corrected chi connectivity index (χ3v) is 6.75. The second-order valence-corrected chi connectivity index (χ2v) is 9.38. The van der Waals surface area contributed by atoms with Gasteiger partial charge in [-0.3, -0.25) is 9.78 Å². The Labute approximate surface area is 209 Å². The lowest BCUT2D eigenvalue weighted by molar-refractivity contribution is 0.0797. The molecule has 0 spiro atoms. The number of ether oxygens (including phenoxy) is 3. The minimum absolute atomic E-state index is 0.0690. The molecule has 0 saturated heterocycles. The van der Waals surface area contributed by atoms with Crippen molar-refractivity contribution in [1.29, 1.82) is 0 Å². The van der Waals surface area contributed by atoms with E-state index < -0.39 is 5.82 Å². The number of aromatic nitrogens is 2. The van der Waals surface area contributed by atoms with Crippen LogP contribution in [-0.2, 0) is 11.2 Å². The molecular formula is C27H31FN4O4. The van der Waals surface area contributed by atoms with Crippen LogP contribution < -0.4 is 20.1 Å². The van der Waals surface area contributed by atoms with Crippen LogP contribution in [0.25, 0.3) is 11.3 Å². The Kier molecular flexibility index (Phi) is 7.09. The molecule has 1 aromatic carbocycles. The molecule has 1 unspecified atom stereocenters. The Morgan fingerprint density at radius 3 is 2.97 bits per heavy atom. The van der Waals surface area contributed by atoms with E-state index in [9.17, 15) is 9.18 Å². The summed E-state index contributed by atoms with van der Waals surface area (Å²) in [6.45, 7) is 3.85. The second kappa shape index (κ2) is 10.6. The lowest BCUT2D eigenvalue weighted by atomic mass is 10.0. The van der Waals surface area contributed by atoms with Crippen LogP contribution in [0.5, 0.6) is 11.5 Å². The number of fused-ring (bicyclic) bond motifs is 4. The molecule has 0 radical (unpaired) electrons. The van der Waals surface area contributed by atoms with Crippen LogP contribution >= 0.6 is 0 Å². The maximum Gasteiger partial charge on any atom is 0.255 e. The first-order chi connectivity index (χ1) is 17.5. The second-order valence-electron chi connectivity index (χ2n) is 9.38. The molecule has 5 rings (SSSR count). The molecule has 36 heavy (non-hydrogen) atoms. The highest BCUT2D eigenvalue weighted by molar-refractivity contribution is 6.07. The number of hydrogen-bond acceptors (Lipinski definition) is 6. The van der Waals surface area contributed by atoms with Crippen molar-refractivity contribution < 1.29 is 23.4 Å². The fourth-order valence-electron chi connectivity index (χ4n) is 4.86. The fourth-order valence-corrected chi connectivity index (χ4v) is 4.86. The van der Waals surface area contributed by atoms with E-state index in [-0.39, 0.29) is 17.7 Å². The summed E-state index contributed by atoms with van der Waals surface area (Å²) in [6, 6.07) is 6.34. The number of aromatic amines is 1. The van der Waals surface area contributed by atoms with E-state index in [1.54, 1.807) is 24.5 Å².